The van der Waals surface area contributed by atoms with Crippen LogP contribution < -0.4 is 10.6 Å². The summed E-state index contributed by atoms with van der Waals surface area (Å²) in [5, 5.41) is 6.26. The molecule has 1 amide bonds. The Hall–Kier alpha value is -1.81. The Bertz CT molecular complexity index is 626. The first-order valence-corrected chi connectivity index (χ1v) is 7.73. The van der Waals surface area contributed by atoms with E-state index in [1.165, 1.54) is 5.56 Å². The number of benzene rings is 2. The zero-order chi connectivity index (χ0) is 15.2. The summed E-state index contributed by atoms with van der Waals surface area (Å²) in [5.41, 5.74) is 2.99. The van der Waals surface area contributed by atoms with Crippen molar-refractivity contribution < 1.29 is 4.79 Å². The van der Waals surface area contributed by atoms with Crippen LogP contribution in [0.15, 0.2) is 53.0 Å². The number of hydrogen-bond acceptors (Lipinski definition) is 2. The highest BCUT2D eigenvalue weighted by molar-refractivity contribution is 9.10. The molecule has 2 aromatic rings. The summed E-state index contributed by atoms with van der Waals surface area (Å²) in [7, 11) is 0. The van der Waals surface area contributed by atoms with Gasteiger partial charge in [-0.3, -0.25) is 4.79 Å². The predicted molar refractivity (Wildman–Crippen MR) is 91.4 cm³/mol. The molecule has 0 aliphatic carbocycles. The highest BCUT2D eigenvalue weighted by Crippen LogP contribution is 2.18. The molecule has 2 N–H and O–H groups in total. The lowest BCUT2D eigenvalue weighted by Gasteiger charge is -2.11. The molecule has 0 aliphatic heterocycles. The molecule has 0 unspecified atom stereocenters. The fourth-order valence-corrected chi connectivity index (χ4v) is 2.29. The van der Waals surface area contributed by atoms with Gasteiger partial charge in [-0.25, -0.2) is 0 Å². The lowest BCUT2D eigenvalue weighted by atomic mass is 10.2. The van der Waals surface area contributed by atoms with E-state index in [0.29, 0.717) is 0 Å². The fourth-order valence-electron chi connectivity index (χ4n) is 1.84. The summed E-state index contributed by atoms with van der Waals surface area (Å²) in [5.74, 6) is 0.00224. The fraction of sp³-hybridized carbons (Fsp3) is 0.235. The van der Waals surface area contributed by atoms with E-state index in [1.54, 1.807) is 0 Å². The Labute approximate surface area is 133 Å². The van der Waals surface area contributed by atoms with Gasteiger partial charge in [0.05, 0.1) is 0 Å². The van der Waals surface area contributed by atoms with E-state index in [0.717, 1.165) is 22.4 Å². The van der Waals surface area contributed by atoms with Crippen LogP contribution in [0.25, 0.3) is 0 Å². The summed E-state index contributed by atoms with van der Waals surface area (Å²) in [4.78, 5) is 11.7. The van der Waals surface area contributed by atoms with Crippen molar-refractivity contribution in [3.05, 3.63) is 58.6 Å². The summed E-state index contributed by atoms with van der Waals surface area (Å²) in [6, 6.07) is 15.9. The Morgan fingerprint density at radius 1 is 1.10 bits per heavy atom. The van der Waals surface area contributed by atoms with Crippen molar-refractivity contribution in [3.8, 4) is 0 Å². The summed E-state index contributed by atoms with van der Waals surface area (Å²) < 4.78 is 1.07. The predicted octanol–water partition coefficient (Wildman–Crippen LogP) is 4.66. The number of anilines is 2. The quantitative estimate of drug-likeness (QED) is 0.826. The van der Waals surface area contributed by atoms with Gasteiger partial charge >= 0.3 is 0 Å². The molecular formula is C17H19BrN2O. The minimum absolute atomic E-state index is 0.0247. The van der Waals surface area contributed by atoms with Gasteiger partial charge < -0.3 is 10.6 Å². The maximum Gasteiger partial charge on any atom is 0.226 e. The first-order chi connectivity index (χ1) is 10.0. The van der Waals surface area contributed by atoms with Gasteiger partial charge in [-0.15, -0.1) is 0 Å². The highest BCUT2D eigenvalue weighted by Gasteiger charge is 2.07. The van der Waals surface area contributed by atoms with Crippen LogP contribution in [-0.2, 0) is 11.3 Å². The second kappa shape index (κ2) is 7.27. The first-order valence-electron chi connectivity index (χ1n) is 6.94. The zero-order valence-corrected chi connectivity index (χ0v) is 13.8. The number of hydrogen-bond donors (Lipinski definition) is 2. The largest absolute Gasteiger partial charge is 0.381 e. The maximum atomic E-state index is 11.7. The Kier molecular flexibility index (Phi) is 5.39. The molecule has 0 atom stereocenters. The molecule has 0 aromatic heterocycles. The second-order valence-corrected chi connectivity index (χ2v) is 6.12. The average molecular weight is 347 g/mol. The summed E-state index contributed by atoms with van der Waals surface area (Å²) >= 11 is 3.47. The third-order valence-corrected chi connectivity index (χ3v) is 3.53. The molecule has 0 fully saturated rings. The molecule has 4 heteroatoms. The molecule has 21 heavy (non-hydrogen) atoms. The van der Waals surface area contributed by atoms with Crippen LogP contribution in [0.4, 0.5) is 11.4 Å². The third-order valence-electron chi connectivity index (χ3n) is 3.04. The van der Waals surface area contributed by atoms with Gasteiger partial charge in [0.1, 0.15) is 0 Å². The highest BCUT2D eigenvalue weighted by atomic mass is 79.9. The van der Waals surface area contributed by atoms with Gasteiger partial charge in [0.25, 0.3) is 0 Å². The standard InChI is InChI=1S/C17H19BrN2O/c1-12(2)17(21)20-16-8-4-7-15(10-16)19-11-13-5-3-6-14(18)9-13/h3-10,12,19H,11H2,1-2H3,(H,20,21). The SMILES string of the molecule is CC(C)C(=O)Nc1cccc(NCc2cccc(Br)c2)c1. The topological polar surface area (TPSA) is 41.1 Å². The number of nitrogens with one attached hydrogen (secondary N) is 2. The number of amides is 1. The number of rotatable bonds is 5. The molecule has 0 saturated heterocycles. The van der Waals surface area contributed by atoms with Crippen molar-refractivity contribution in [2.75, 3.05) is 10.6 Å². The molecule has 2 aromatic carbocycles. The van der Waals surface area contributed by atoms with E-state index in [1.807, 2.05) is 50.2 Å². The van der Waals surface area contributed by atoms with Crippen LogP contribution in [0.2, 0.25) is 0 Å². The lowest BCUT2D eigenvalue weighted by molar-refractivity contribution is -0.118. The van der Waals surface area contributed by atoms with Crippen LogP contribution in [0.5, 0.6) is 0 Å². The van der Waals surface area contributed by atoms with Crippen molar-refractivity contribution in [3.63, 3.8) is 0 Å². The van der Waals surface area contributed by atoms with Crippen molar-refractivity contribution in [1.82, 2.24) is 0 Å². The molecule has 110 valence electrons. The number of carbonyl (C=O) groups excluding carboxylic acids is 1. The molecular weight excluding hydrogens is 328 g/mol. The minimum Gasteiger partial charge on any atom is -0.381 e. The van der Waals surface area contributed by atoms with Crippen molar-refractivity contribution in [2.45, 2.75) is 20.4 Å². The Morgan fingerprint density at radius 3 is 2.52 bits per heavy atom. The first kappa shape index (κ1) is 15.6. The summed E-state index contributed by atoms with van der Waals surface area (Å²) in [6.07, 6.45) is 0. The van der Waals surface area contributed by atoms with E-state index in [4.69, 9.17) is 0 Å². The van der Waals surface area contributed by atoms with Gasteiger partial charge in [0.2, 0.25) is 5.91 Å². The van der Waals surface area contributed by atoms with Crippen LogP contribution in [0.1, 0.15) is 19.4 Å². The maximum absolute atomic E-state index is 11.7. The molecule has 0 bridgehead atoms. The van der Waals surface area contributed by atoms with Crippen molar-refractivity contribution in [1.29, 1.82) is 0 Å². The van der Waals surface area contributed by atoms with Gasteiger partial charge in [-0.2, -0.15) is 0 Å². The van der Waals surface area contributed by atoms with Crippen LogP contribution in [0, 0.1) is 5.92 Å². The molecule has 0 heterocycles. The Balaban J connectivity index is 1.99. The molecule has 0 saturated carbocycles. The minimum atomic E-state index is -0.0247. The monoisotopic (exact) mass is 346 g/mol. The van der Waals surface area contributed by atoms with Gasteiger partial charge in [-0.05, 0) is 35.9 Å². The van der Waals surface area contributed by atoms with Crippen molar-refractivity contribution >= 4 is 33.2 Å². The van der Waals surface area contributed by atoms with E-state index in [-0.39, 0.29) is 11.8 Å². The molecule has 3 nitrogen and oxygen atoms in total. The van der Waals surface area contributed by atoms with Gasteiger partial charge in [0.15, 0.2) is 0 Å². The Morgan fingerprint density at radius 2 is 1.81 bits per heavy atom. The molecule has 0 radical (unpaired) electrons. The van der Waals surface area contributed by atoms with E-state index >= 15 is 0 Å². The normalized spacial score (nSPS) is 10.5. The molecule has 2 rings (SSSR count). The smallest absolute Gasteiger partial charge is 0.226 e. The molecule has 0 spiro atoms. The van der Waals surface area contributed by atoms with E-state index < -0.39 is 0 Å². The second-order valence-electron chi connectivity index (χ2n) is 5.21. The summed E-state index contributed by atoms with van der Waals surface area (Å²) in [6.45, 7) is 4.50. The van der Waals surface area contributed by atoms with E-state index in [9.17, 15) is 4.79 Å². The molecule has 0 aliphatic rings. The third kappa shape index (κ3) is 4.90. The van der Waals surface area contributed by atoms with Crippen LogP contribution in [-0.4, -0.2) is 5.91 Å². The van der Waals surface area contributed by atoms with Gasteiger partial charge in [-0.1, -0.05) is 48.0 Å². The average Bonchev–Trinajstić information content (AvgIpc) is 2.45. The van der Waals surface area contributed by atoms with Gasteiger partial charge in [0, 0.05) is 28.3 Å². The number of carbonyl (C=O) groups is 1. The van der Waals surface area contributed by atoms with Crippen molar-refractivity contribution in [2.24, 2.45) is 5.92 Å². The number of halogens is 1. The van der Waals surface area contributed by atoms with Crippen LogP contribution in [0.3, 0.4) is 0 Å². The lowest BCUT2D eigenvalue weighted by Crippen LogP contribution is -2.17. The van der Waals surface area contributed by atoms with E-state index in [2.05, 4.69) is 38.7 Å². The zero-order valence-electron chi connectivity index (χ0n) is 12.2. The van der Waals surface area contributed by atoms with Crippen LogP contribution >= 0.6 is 15.9 Å².